The van der Waals surface area contributed by atoms with Crippen LogP contribution in [-0.4, -0.2) is 30.3 Å². The number of nitrogens with one attached hydrogen (secondary N) is 3. The fourth-order valence-corrected chi connectivity index (χ4v) is 5.12. The summed E-state index contributed by atoms with van der Waals surface area (Å²) in [6.45, 7) is 0.165. The maximum absolute atomic E-state index is 13.4. The SMILES string of the molecule is O=C(CSc1ccc(NC(=O)C(=Cc2ccc(-c3ccccc3)o2)NC(=O)c2ccccc2)cc1)Nc1ccc2c(c1)OCO2. The fraction of sp³-hybridized carbons (Fsp3) is 0.0571. The molecule has 0 atom stereocenters. The van der Waals surface area contributed by atoms with Crippen LogP contribution < -0.4 is 25.4 Å². The van der Waals surface area contributed by atoms with Crippen LogP contribution in [0.5, 0.6) is 11.5 Å². The van der Waals surface area contributed by atoms with Crippen molar-refractivity contribution in [1.82, 2.24) is 5.32 Å². The van der Waals surface area contributed by atoms with Crippen LogP contribution in [0.15, 0.2) is 130 Å². The van der Waals surface area contributed by atoms with E-state index in [9.17, 15) is 14.4 Å². The van der Waals surface area contributed by atoms with Crippen LogP contribution in [0.3, 0.4) is 0 Å². The van der Waals surface area contributed by atoms with Crippen molar-refractivity contribution in [3.05, 3.63) is 132 Å². The number of anilines is 2. The zero-order valence-corrected chi connectivity index (χ0v) is 24.6. The van der Waals surface area contributed by atoms with Crippen molar-refractivity contribution in [2.45, 2.75) is 4.90 Å². The van der Waals surface area contributed by atoms with E-state index in [1.165, 1.54) is 17.8 Å². The second-order valence-corrected chi connectivity index (χ2v) is 10.9. The van der Waals surface area contributed by atoms with Gasteiger partial charge in [0.2, 0.25) is 12.7 Å². The average molecular weight is 618 g/mol. The largest absolute Gasteiger partial charge is 0.457 e. The van der Waals surface area contributed by atoms with Gasteiger partial charge in [0.05, 0.1) is 5.75 Å². The Balaban J connectivity index is 1.10. The number of furan rings is 1. The molecule has 224 valence electrons. The lowest BCUT2D eigenvalue weighted by Crippen LogP contribution is -2.30. The van der Waals surface area contributed by atoms with Crippen molar-refractivity contribution in [3.8, 4) is 22.8 Å². The molecular formula is C35H27N3O6S. The summed E-state index contributed by atoms with van der Waals surface area (Å²) in [4.78, 5) is 39.7. The Hall–Kier alpha value is -5.74. The van der Waals surface area contributed by atoms with Gasteiger partial charge in [-0.25, -0.2) is 0 Å². The Morgan fingerprint density at radius 3 is 2.22 bits per heavy atom. The molecule has 5 aromatic rings. The van der Waals surface area contributed by atoms with Crippen molar-refractivity contribution in [2.24, 2.45) is 0 Å². The van der Waals surface area contributed by atoms with Gasteiger partial charge >= 0.3 is 0 Å². The minimum atomic E-state index is -0.527. The number of benzene rings is 4. The molecule has 10 heteroatoms. The Morgan fingerprint density at radius 1 is 0.733 bits per heavy atom. The smallest absolute Gasteiger partial charge is 0.272 e. The molecule has 9 nitrogen and oxygen atoms in total. The second kappa shape index (κ2) is 13.7. The van der Waals surface area contributed by atoms with Crippen LogP contribution in [0.1, 0.15) is 16.1 Å². The Morgan fingerprint density at radius 2 is 1.44 bits per heavy atom. The molecule has 0 spiro atoms. The number of fused-ring (bicyclic) bond motifs is 1. The Labute approximate surface area is 263 Å². The number of amides is 3. The molecule has 0 saturated heterocycles. The van der Waals surface area contributed by atoms with Gasteiger partial charge in [0.1, 0.15) is 17.2 Å². The summed E-state index contributed by atoms with van der Waals surface area (Å²) in [5.74, 6) is 1.33. The average Bonchev–Trinajstić information content (AvgIpc) is 3.74. The second-order valence-electron chi connectivity index (χ2n) is 9.83. The summed E-state index contributed by atoms with van der Waals surface area (Å²) in [6, 6.07) is 34.0. The van der Waals surface area contributed by atoms with E-state index in [2.05, 4.69) is 16.0 Å². The van der Waals surface area contributed by atoms with E-state index in [-0.39, 0.29) is 24.2 Å². The Kier molecular flexibility index (Phi) is 8.93. The van der Waals surface area contributed by atoms with Crippen LogP contribution in [0, 0.1) is 0 Å². The highest BCUT2D eigenvalue weighted by Crippen LogP contribution is 2.34. The molecule has 0 bridgehead atoms. The minimum absolute atomic E-state index is 0.0106. The molecule has 3 N–H and O–H groups in total. The van der Waals surface area contributed by atoms with Crippen molar-refractivity contribution < 1.29 is 28.3 Å². The van der Waals surface area contributed by atoms with Crippen LogP contribution in [0.4, 0.5) is 11.4 Å². The van der Waals surface area contributed by atoms with E-state index < -0.39 is 11.8 Å². The predicted molar refractivity (Wildman–Crippen MR) is 173 cm³/mol. The van der Waals surface area contributed by atoms with Gasteiger partial charge in [-0.1, -0.05) is 48.5 Å². The molecule has 4 aromatic carbocycles. The van der Waals surface area contributed by atoms with E-state index in [1.807, 2.05) is 42.5 Å². The summed E-state index contributed by atoms with van der Waals surface area (Å²) < 4.78 is 16.6. The Bertz CT molecular complexity index is 1850. The predicted octanol–water partition coefficient (Wildman–Crippen LogP) is 6.82. The number of hydrogen-bond donors (Lipinski definition) is 3. The van der Waals surface area contributed by atoms with Crippen LogP contribution in [-0.2, 0) is 9.59 Å². The maximum atomic E-state index is 13.4. The van der Waals surface area contributed by atoms with Crippen LogP contribution in [0.25, 0.3) is 17.4 Å². The molecule has 0 unspecified atom stereocenters. The third-order valence-corrected chi connectivity index (χ3v) is 7.65. The number of ether oxygens (including phenoxy) is 2. The quantitative estimate of drug-likeness (QED) is 0.116. The highest BCUT2D eigenvalue weighted by Gasteiger charge is 2.17. The van der Waals surface area contributed by atoms with Crippen molar-refractivity contribution in [1.29, 1.82) is 0 Å². The molecule has 1 aromatic heterocycles. The molecule has 3 amide bonds. The zero-order chi connectivity index (χ0) is 31.0. The normalized spacial score (nSPS) is 12.0. The first kappa shape index (κ1) is 29.3. The lowest BCUT2D eigenvalue weighted by Gasteiger charge is -2.11. The van der Waals surface area contributed by atoms with E-state index in [4.69, 9.17) is 13.9 Å². The lowest BCUT2D eigenvalue weighted by molar-refractivity contribution is -0.114. The molecule has 0 saturated carbocycles. The third-order valence-electron chi connectivity index (χ3n) is 6.64. The van der Waals surface area contributed by atoms with Gasteiger partial charge in [-0.05, 0) is 60.7 Å². The zero-order valence-electron chi connectivity index (χ0n) is 23.8. The van der Waals surface area contributed by atoms with Gasteiger partial charge in [0, 0.05) is 39.5 Å². The summed E-state index contributed by atoms with van der Waals surface area (Å²) in [6.07, 6.45) is 1.49. The first-order valence-corrected chi connectivity index (χ1v) is 15.0. The van der Waals surface area contributed by atoms with Gasteiger partial charge in [-0.2, -0.15) is 0 Å². The van der Waals surface area contributed by atoms with Gasteiger partial charge in [0.25, 0.3) is 11.8 Å². The van der Waals surface area contributed by atoms with Crippen molar-refractivity contribution >= 4 is 46.9 Å². The van der Waals surface area contributed by atoms with E-state index in [0.29, 0.717) is 40.0 Å². The first-order valence-electron chi connectivity index (χ1n) is 14.0. The molecular weight excluding hydrogens is 590 g/mol. The standard InChI is InChI=1S/C35H27N3O6S/c39-33(36-26-13-17-31-32(19-26)43-22-42-31)21-45-28-15-11-25(12-16-28)37-35(41)29(38-34(40)24-9-5-2-6-10-24)20-27-14-18-30(44-27)23-7-3-1-4-8-23/h1-20H,21-22H2,(H,36,39)(H,37,41)(H,38,40). The van der Waals surface area contributed by atoms with E-state index in [1.54, 1.807) is 72.8 Å². The molecule has 0 radical (unpaired) electrons. The maximum Gasteiger partial charge on any atom is 0.272 e. The highest BCUT2D eigenvalue weighted by molar-refractivity contribution is 8.00. The molecule has 6 rings (SSSR count). The van der Waals surface area contributed by atoms with Gasteiger partial charge in [-0.3, -0.25) is 14.4 Å². The van der Waals surface area contributed by atoms with Gasteiger partial charge < -0.3 is 29.8 Å². The molecule has 1 aliphatic heterocycles. The number of thioether (sulfide) groups is 1. The number of rotatable bonds is 10. The number of carbonyl (C=O) groups is 3. The monoisotopic (exact) mass is 617 g/mol. The van der Waals surface area contributed by atoms with E-state index in [0.717, 1.165) is 10.5 Å². The molecule has 0 aliphatic carbocycles. The van der Waals surface area contributed by atoms with Gasteiger partial charge in [0.15, 0.2) is 11.5 Å². The first-order chi connectivity index (χ1) is 22.0. The minimum Gasteiger partial charge on any atom is -0.457 e. The lowest BCUT2D eigenvalue weighted by atomic mass is 10.2. The molecule has 1 aliphatic rings. The fourth-order valence-electron chi connectivity index (χ4n) is 4.43. The molecule has 0 fully saturated rings. The van der Waals surface area contributed by atoms with Crippen LogP contribution in [0.2, 0.25) is 0 Å². The molecule has 45 heavy (non-hydrogen) atoms. The number of carbonyl (C=O) groups excluding carboxylic acids is 3. The third kappa shape index (κ3) is 7.62. The van der Waals surface area contributed by atoms with Crippen molar-refractivity contribution in [2.75, 3.05) is 23.2 Å². The van der Waals surface area contributed by atoms with Crippen LogP contribution >= 0.6 is 11.8 Å². The van der Waals surface area contributed by atoms with Gasteiger partial charge in [-0.15, -0.1) is 11.8 Å². The number of hydrogen-bond acceptors (Lipinski definition) is 7. The summed E-state index contributed by atoms with van der Waals surface area (Å²) in [7, 11) is 0. The van der Waals surface area contributed by atoms with Crippen molar-refractivity contribution in [3.63, 3.8) is 0 Å². The summed E-state index contributed by atoms with van der Waals surface area (Å²) in [5, 5.41) is 8.39. The summed E-state index contributed by atoms with van der Waals surface area (Å²) in [5.41, 5.74) is 2.44. The van der Waals surface area contributed by atoms with E-state index >= 15 is 0 Å². The summed E-state index contributed by atoms with van der Waals surface area (Å²) >= 11 is 1.35. The topological polar surface area (TPSA) is 119 Å². The molecule has 2 heterocycles. The highest BCUT2D eigenvalue weighted by atomic mass is 32.2.